The van der Waals surface area contributed by atoms with Crippen molar-refractivity contribution in [3.05, 3.63) is 58.6 Å². The molecule has 2 aromatic rings. The summed E-state index contributed by atoms with van der Waals surface area (Å²) in [5, 5.41) is 2.18. The molecule has 0 atom stereocenters. The maximum atomic E-state index is 13.6. The van der Waals surface area contributed by atoms with Crippen LogP contribution in [-0.4, -0.2) is 29.0 Å². The number of hydrogen-bond donors (Lipinski definition) is 1. The van der Waals surface area contributed by atoms with E-state index in [2.05, 4.69) is 5.32 Å². The zero-order valence-corrected chi connectivity index (χ0v) is 13.5. The number of amides is 2. The Labute approximate surface area is 142 Å². The first-order valence-corrected chi connectivity index (χ1v) is 7.30. The van der Waals surface area contributed by atoms with Gasteiger partial charge in [0.05, 0.1) is 6.42 Å². The molecule has 0 radical (unpaired) electrons. The highest BCUT2D eigenvalue weighted by atomic mass is 35.5. The number of rotatable bonds is 5. The Morgan fingerprint density at radius 1 is 1.25 bits per heavy atom. The van der Waals surface area contributed by atoms with E-state index in [1.165, 1.54) is 28.8 Å². The number of aryl methyl sites for hydroxylation is 1. The quantitative estimate of drug-likeness (QED) is 0.833. The van der Waals surface area contributed by atoms with Crippen LogP contribution in [0.25, 0.3) is 0 Å². The number of aromatic nitrogens is 1. The smallest absolute Gasteiger partial charge is 0.310 e. The maximum absolute atomic E-state index is 13.6. The molecule has 0 spiro atoms. The van der Waals surface area contributed by atoms with Crippen molar-refractivity contribution in [2.24, 2.45) is 7.05 Å². The molecule has 126 valence electrons. The number of halogens is 2. The lowest BCUT2D eigenvalue weighted by molar-refractivity contribution is -0.147. The van der Waals surface area contributed by atoms with Gasteiger partial charge in [0.1, 0.15) is 11.5 Å². The lowest BCUT2D eigenvalue weighted by Gasteiger charge is -2.08. The van der Waals surface area contributed by atoms with Crippen LogP contribution in [0.4, 0.5) is 4.39 Å². The largest absolute Gasteiger partial charge is 0.455 e. The number of carbonyl (C=O) groups is 3. The molecule has 0 aliphatic carbocycles. The third-order valence-corrected chi connectivity index (χ3v) is 3.53. The molecule has 24 heavy (non-hydrogen) atoms. The summed E-state index contributed by atoms with van der Waals surface area (Å²) in [6, 6.07) is 7.21. The van der Waals surface area contributed by atoms with E-state index in [4.69, 9.17) is 16.3 Å². The van der Waals surface area contributed by atoms with Gasteiger partial charge >= 0.3 is 5.97 Å². The summed E-state index contributed by atoms with van der Waals surface area (Å²) in [4.78, 5) is 35.1. The molecule has 1 heterocycles. The van der Waals surface area contributed by atoms with Gasteiger partial charge in [-0.15, -0.1) is 0 Å². The van der Waals surface area contributed by atoms with E-state index >= 15 is 0 Å². The molecule has 2 rings (SSSR count). The van der Waals surface area contributed by atoms with Gasteiger partial charge in [-0.1, -0.05) is 17.7 Å². The van der Waals surface area contributed by atoms with Crippen LogP contribution >= 0.6 is 11.6 Å². The minimum Gasteiger partial charge on any atom is -0.455 e. The molecule has 0 saturated heterocycles. The minimum absolute atomic E-state index is 0.00976. The van der Waals surface area contributed by atoms with E-state index in [0.717, 1.165) is 0 Å². The summed E-state index contributed by atoms with van der Waals surface area (Å²) in [5.41, 5.74) is 0.275. The summed E-state index contributed by atoms with van der Waals surface area (Å²) in [7, 11) is 1.65. The first-order valence-electron chi connectivity index (χ1n) is 6.92. The van der Waals surface area contributed by atoms with Crippen molar-refractivity contribution in [1.29, 1.82) is 0 Å². The van der Waals surface area contributed by atoms with E-state index in [0.29, 0.717) is 0 Å². The molecule has 6 nitrogen and oxygen atoms in total. The van der Waals surface area contributed by atoms with Crippen molar-refractivity contribution < 1.29 is 23.5 Å². The second kappa shape index (κ2) is 7.74. The summed E-state index contributed by atoms with van der Waals surface area (Å²) in [6.45, 7) is -0.652. The number of carbonyl (C=O) groups excluding carboxylic acids is 3. The highest BCUT2D eigenvalue weighted by Crippen LogP contribution is 2.19. The molecule has 0 bridgehead atoms. The van der Waals surface area contributed by atoms with Crippen LogP contribution in [0, 0.1) is 5.82 Å². The van der Waals surface area contributed by atoms with Crippen LogP contribution in [0.5, 0.6) is 0 Å². The monoisotopic (exact) mass is 352 g/mol. The van der Waals surface area contributed by atoms with Gasteiger partial charge in [-0.25, -0.2) is 4.39 Å². The number of esters is 1. The lowest BCUT2D eigenvalue weighted by atomic mass is 10.1. The average molecular weight is 353 g/mol. The standard InChI is InChI=1S/C16H14ClFN2O4/c1-20-7-3-6-13(20)16(23)19-14(21)9-24-15(22)8-10-11(17)4-2-5-12(10)18/h2-7H,8-9H2,1H3,(H,19,21,23). The molecule has 1 N–H and O–H groups in total. The van der Waals surface area contributed by atoms with Crippen molar-refractivity contribution >= 4 is 29.4 Å². The predicted octanol–water partition coefficient (Wildman–Crippen LogP) is 1.86. The van der Waals surface area contributed by atoms with E-state index in [1.807, 2.05) is 0 Å². The molecule has 0 unspecified atom stereocenters. The normalized spacial score (nSPS) is 10.3. The molecule has 1 aromatic carbocycles. The SMILES string of the molecule is Cn1cccc1C(=O)NC(=O)COC(=O)Cc1c(F)cccc1Cl. The number of hydrogen-bond acceptors (Lipinski definition) is 4. The number of nitrogens with one attached hydrogen (secondary N) is 1. The summed E-state index contributed by atoms with van der Waals surface area (Å²) < 4.78 is 19.8. The Kier molecular flexibility index (Phi) is 5.70. The first-order chi connectivity index (χ1) is 11.4. The Morgan fingerprint density at radius 3 is 2.62 bits per heavy atom. The molecular weight excluding hydrogens is 339 g/mol. The van der Waals surface area contributed by atoms with Gasteiger partial charge in [0.25, 0.3) is 11.8 Å². The molecule has 0 fully saturated rings. The van der Waals surface area contributed by atoms with Crippen molar-refractivity contribution in [3.63, 3.8) is 0 Å². The molecule has 0 aliphatic heterocycles. The average Bonchev–Trinajstić information content (AvgIpc) is 2.95. The highest BCUT2D eigenvalue weighted by Gasteiger charge is 2.16. The topological polar surface area (TPSA) is 77.4 Å². The van der Waals surface area contributed by atoms with Crippen LogP contribution in [0.2, 0.25) is 5.02 Å². The second-order valence-electron chi connectivity index (χ2n) is 4.92. The van der Waals surface area contributed by atoms with Crippen LogP contribution in [0.1, 0.15) is 16.1 Å². The van der Waals surface area contributed by atoms with Crippen LogP contribution in [-0.2, 0) is 27.8 Å². The fourth-order valence-electron chi connectivity index (χ4n) is 1.97. The number of benzene rings is 1. The van der Waals surface area contributed by atoms with Crippen LogP contribution in [0.3, 0.4) is 0 Å². The van der Waals surface area contributed by atoms with Gasteiger partial charge in [0.2, 0.25) is 0 Å². The zero-order chi connectivity index (χ0) is 17.7. The molecule has 1 aromatic heterocycles. The van der Waals surface area contributed by atoms with E-state index in [-0.39, 0.29) is 16.3 Å². The van der Waals surface area contributed by atoms with E-state index in [1.54, 1.807) is 19.3 Å². The van der Waals surface area contributed by atoms with Crippen molar-refractivity contribution in [1.82, 2.24) is 9.88 Å². The van der Waals surface area contributed by atoms with Gasteiger partial charge in [-0.3, -0.25) is 19.7 Å². The lowest BCUT2D eigenvalue weighted by Crippen LogP contribution is -2.35. The highest BCUT2D eigenvalue weighted by molar-refractivity contribution is 6.31. The summed E-state index contributed by atoms with van der Waals surface area (Å²) in [5.74, 6) is -2.86. The fraction of sp³-hybridized carbons (Fsp3) is 0.188. The van der Waals surface area contributed by atoms with E-state index in [9.17, 15) is 18.8 Å². The molecule has 0 aliphatic rings. The third kappa shape index (κ3) is 4.42. The Bertz CT molecular complexity index is 768. The van der Waals surface area contributed by atoms with Gasteiger partial charge in [0, 0.05) is 23.8 Å². The van der Waals surface area contributed by atoms with Crippen LogP contribution in [0.15, 0.2) is 36.5 Å². The van der Waals surface area contributed by atoms with E-state index < -0.39 is 36.6 Å². The third-order valence-electron chi connectivity index (χ3n) is 3.18. The summed E-state index contributed by atoms with van der Waals surface area (Å²) in [6.07, 6.45) is 1.24. The fourth-order valence-corrected chi connectivity index (χ4v) is 2.20. The van der Waals surface area contributed by atoms with Gasteiger partial charge < -0.3 is 9.30 Å². The molecule has 2 amide bonds. The van der Waals surface area contributed by atoms with Crippen molar-refractivity contribution in [2.45, 2.75) is 6.42 Å². The first kappa shape index (κ1) is 17.7. The van der Waals surface area contributed by atoms with Crippen molar-refractivity contribution in [3.8, 4) is 0 Å². The van der Waals surface area contributed by atoms with Gasteiger partial charge in [-0.2, -0.15) is 0 Å². The number of nitrogens with zero attached hydrogens (tertiary/aromatic N) is 1. The molecule has 8 heteroatoms. The zero-order valence-electron chi connectivity index (χ0n) is 12.7. The minimum atomic E-state index is -0.830. The van der Waals surface area contributed by atoms with Gasteiger partial charge in [-0.05, 0) is 24.3 Å². The van der Waals surface area contributed by atoms with Crippen LogP contribution < -0.4 is 5.32 Å². The molecular formula is C16H14ClFN2O4. The number of imide groups is 1. The Morgan fingerprint density at radius 2 is 2.00 bits per heavy atom. The Balaban J connectivity index is 1.84. The molecule has 0 saturated carbocycles. The Hall–Kier alpha value is -2.67. The summed E-state index contributed by atoms with van der Waals surface area (Å²) >= 11 is 5.80. The predicted molar refractivity (Wildman–Crippen MR) is 84.0 cm³/mol. The number of ether oxygens (including phenoxy) is 1. The van der Waals surface area contributed by atoms with Gasteiger partial charge in [0.15, 0.2) is 6.61 Å². The second-order valence-corrected chi connectivity index (χ2v) is 5.33. The maximum Gasteiger partial charge on any atom is 0.310 e. The van der Waals surface area contributed by atoms with Crippen molar-refractivity contribution in [2.75, 3.05) is 6.61 Å².